The highest BCUT2D eigenvalue weighted by Gasteiger charge is 2.31. The SMILES string of the molecule is N#CCN(c1ccccc1)c1ccc(OC(F)(F)F)cc1. The van der Waals surface area contributed by atoms with Gasteiger partial charge in [-0.1, -0.05) is 18.2 Å². The first-order chi connectivity index (χ1) is 9.99. The average Bonchev–Trinajstić information content (AvgIpc) is 2.45. The Kier molecular flexibility index (Phi) is 4.33. The minimum atomic E-state index is -4.71. The largest absolute Gasteiger partial charge is 0.573 e. The maximum absolute atomic E-state index is 12.1. The standard InChI is InChI=1S/C15H11F3N2O/c16-15(17,18)21-14-8-6-13(7-9-14)20(11-10-19)12-4-2-1-3-5-12/h1-9H,11H2. The van der Waals surface area contributed by atoms with E-state index in [4.69, 9.17) is 5.26 Å². The fourth-order valence-electron chi connectivity index (χ4n) is 1.84. The lowest BCUT2D eigenvalue weighted by Gasteiger charge is -2.22. The van der Waals surface area contributed by atoms with Gasteiger partial charge in [-0.2, -0.15) is 5.26 Å². The molecule has 0 spiro atoms. The maximum Gasteiger partial charge on any atom is 0.573 e. The molecule has 0 aliphatic heterocycles. The van der Waals surface area contributed by atoms with Crippen LogP contribution < -0.4 is 9.64 Å². The molecular weight excluding hydrogens is 281 g/mol. The molecule has 0 bridgehead atoms. The Balaban J connectivity index is 2.24. The summed E-state index contributed by atoms with van der Waals surface area (Å²) in [6.45, 7) is 0.0868. The summed E-state index contributed by atoms with van der Waals surface area (Å²) in [5.74, 6) is -0.295. The number of nitriles is 1. The van der Waals surface area contributed by atoms with E-state index in [1.807, 2.05) is 36.4 Å². The van der Waals surface area contributed by atoms with Crippen molar-refractivity contribution >= 4 is 11.4 Å². The van der Waals surface area contributed by atoms with Crippen molar-refractivity contribution < 1.29 is 17.9 Å². The number of alkyl halides is 3. The molecule has 108 valence electrons. The molecule has 2 rings (SSSR count). The predicted octanol–water partition coefficient (Wildman–Crippen LogP) is 4.25. The fourth-order valence-corrected chi connectivity index (χ4v) is 1.84. The molecule has 2 aromatic rings. The second kappa shape index (κ2) is 6.18. The van der Waals surface area contributed by atoms with E-state index in [1.165, 1.54) is 24.3 Å². The van der Waals surface area contributed by atoms with Gasteiger partial charge in [-0.3, -0.25) is 0 Å². The van der Waals surface area contributed by atoms with E-state index >= 15 is 0 Å². The number of para-hydroxylation sites is 1. The summed E-state index contributed by atoms with van der Waals surface area (Å²) in [7, 11) is 0. The molecule has 0 saturated carbocycles. The monoisotopic (exact) mass is 292 g/mol. The van der Waals surface area contributed by atoms with Crippen LogP contribution in [0.2, 0.25) is 0 Å². The van der Waals surface area contributed by atoms with E-state index in [0.29, 0.717) is 5.69 Å². The zero-order valence-electron chi connectivity index (χ0n) is 10.8. The highest BCUT2D eigenvalue weighted by molar-refractivity contribution is 5.64. The molecule has 0 unspecified atom stereocenters. The van der Waals surface area contributed by atoms with Crippen LogP contribution in [0.3, 0.4) is 0 Å². The Labute approximate surface area is 119 Å². The van der Waals surface area contributed by atoms with Gasteiger partial charge in [0, 0.05) is 11.4 Å². The first kappa shape index (κ1) is 14.7. The topological polar surface area (TPSA) is 36.3 Å². The van der Waals surface area contributed by atoms with Crippen LogP contribution in [0.4, 0.5) is 24.5 Å². The first-order valence-electron chi connectivity index (χ1n) is 6.05. The van der Waals surface area contributed by atoms with Gasteiger partial charge >= 0.3 is 6.36 Å². The van der Waals surface area contributed by atoms with Crippen molar-refractivity contribution in [2.75, 3.05) is 11.4 Å². The van der Waals surface area contributed by atoms with Crippen LogP contribution in [-0.2, 0) is 0 Å². The van der Waals surface area contributed by atoms with Gasteiger partial charge in [0.1, 0.15) is 12.3 Å². The average molecular weight is 292 g/mol. The third-order valence-corrected chi connectivity index (χ3v) is 2.68. The summed E-state index contributed by atoms with van der Waals surface area (Å²) in [4.78, 5) is 1.69. The number of nitrogens with zero attached hydrogens (tertiary/aromatic N) is 2. The lowest BCUT2D eigenvalue weighted by molar-refractivity contribution is -0.274. The normalized spacial score (nSPS) is 10.8. The van der Waals surface area contributed by atoms with Crippen molar-refractivity contribution in [2.45, 2.75) is 6.36 Å². The summed E-state index contributed by atoms with van der Waals surface area (Å²) < 4.78 is 40.1. The van der Waals surface area contributed by atoms with Crippen LogP contribution in [0.25, 0.3) is 0 Å². The molecule has 2 aromatic carbocycles. The minimum absolute atomic E-state index is 0.0868. The highest BCUT2D eigenvalue weighted by atomic mass is 19.4. The van der Waals surface area contributed by atoms with Crippen molar-refractivity contribution in [3.05, 3.63) is 54.6 Å². The maximum atomic E-state index is 12.1. The molecule has 0 heterocycles. The van der Waals surface area contributed by atoms with E-state index in [9.17, 15) is 13.2 Å². The summed E-state index contributed by atoms with van der Waals surface area (Å²) in [6.07, 6.45) is -4.71. The van der Waals surface area contributed by atoms with Crippen molar-refractivity contribution in [2.24, 2.45) is 0 Å². The molecule has 0 amide bonds. The van der Waals surface area contributed by atoms with Crippen molar-refractivity contribution in [3.63, 3.8) is 0 Å². The van der Waals surface area contributed by atoms with Crippen LogP contribution in [0.1, 0.15) is 0 Å². The number of ether oxygens (including phenoxy) is 1. The van der Waals surface area contributed by atoms with Crippen molar-refractivity contribution in [1.82, 2.24) is 0 Å². The van der Waals surface area contributed by atoms with Gasteiger partial charge in [0.15, 0.2) is 0 Å². The van der Waals surface area contributed by atoms with Gasteiger partial charge in [0.25, 0.3) is 0 Å². The van der Waals surface area contributed by atoms with Crippen LogP contribution in [0, 0.1) is 11.3 Å². The zero-order chi connectivity index (χ0) is 15.3. The van der Waals surface area contributed by atoms with E-state index in [-0.39, 0.29) is 12.3 Å². The minimum Gasteiger partial charge on any atom is -0.406 e. The highest BCUT2D eigenvalue weighted by Crippen LogP contribution is 2.28. The number of benzene rings is 2. The molecule has 0 saturated heterocycles. The van der Waals surface area contributed by atoms with Crippen molar-refractivity contribution in [1.29, 1.82) is 5.26 Å². The smallest absolute Gasteiger partial charge is 0.406 e. The molecular formula is C15H11F3N2O. The van der Waals surface area contributed by atoms with Crippen LogP contribution >= 0.6 is 0 Å². The van der Waals surface area contributed by atoms with Gasteiger partial charge < -0.3 is 9.64 Å². The summed E-state index contributed by atoms with van der Waals surface area (Å²) in [6, 6.07) is 16.5. The molecule has 0 radical (unpaired) electrons. The Morgan fingerprint density at radius 1 is 0.952 bits per heavy atom. The Morgan fingerprint density at radius 3 is 2.05 bits per heavy atom. The predicted molar refractivity (Wildman–Crippen MR) is 72.2 cm³/mol. The molecule has 0 aliphatic carbocycles. The quantitative estimate of drug-likeness (QED) is 0.790. The van der Waals surface area contributed by atoms with Gasteiger partial charge in [0.2, 0.25) is 0 Å². The van der Waals surface area contributed by atoms with Gasteiger partial charge in [0.05, 0.1) is 6.07 Å². The number of halogens is 3. The molecule has 21 heavy (non-hydrogen) atoms. The van der Waals surface area contributed by atoms with Gasteiger partial charge in [-0.15, -0.1) is 13.2 Å². The number of anilines is 2. The Bertz CT molecular complexity index is 618. The van der Waals surface area contributed by atoms with E-state index in [1.54, 1.807) is 4.90 Å². The molecule has 0 atom stereocenters. The summed E-state index contributed by atoms with van der Waals surface area (Å²) in [5.41, 5.74) is 1.39. The second-order valence-corrected chi connectivity index (χ2v) is 4.12. The van der Waals surface area contributed by atoms with E-state index in [2.05, 4.69) is 4.74 Å². The second-order valence-electron chi connectivity index (χ2n) is 4.12. The van der Waals surface area contributed by atoms with Crippen molar-refractivity contribution in [3.8, 4) is 11.8 Å². The lowest BCUT2D eigenvalue weighted by atomic mass is 10.2. The molecule has 0 N–H and O–H groups in total. The molecule has 0 aromatic heterocycles. The van der Waals surface area contributed by atoms with Crippen LogP contribution in [-0.4, -0.2) is 12.9 Å². The summed E-state index contributed by atoms with van der Waals surface area (Å²) in [5, 5.41) is 8.90. The fraction of sp³-hybridized carbons (Fsp3) is 0.133. The number of hydrogen-bond donors (Lipinski definition) is 0. The number of hydrogen-bond acceptors (Lipinski definition) is 3. The lowest BCUT2D eigenvalue weighted by Crippen LogP contribution is -2.18. The third kappa shape index (κ3) is 4.14. The first-order valence-corrected chi connectivity index (χ1v) is 6.05. The Morgan fingerprint density at radius 2 is 1.52 bits per heavy atom. The molecule has 6 heteroatoms. The molecule has 0 fully saturated rings. The number of rotatable bonds is 4. The van der Waals surface area contributed by atoms with Gasteiger partial charge in [-0.05, 0) is 36.4 Å². The van der Waals surface area contributed by atoms with Crippen LogP contribution in [0.5, 0.6) is 5.75 Å². The molecule has 3 nitrogen and oxygen atoms in total. The van der Waals surface area contributed by atoms with Crippen LogP contribution in [0.15, 0.2) is 54.6 Å². The summed E-state index contributed by atoms with van der Waals surface area (Å²) >= 11 is 0. The molecule has 0 aliphatic rings. The zero-order valence-corrected chi connectivity index (χ0v) is 10.8. The van der Waals surface area contributed by atoms with E-state index in [0.717, 1.165) is 5.69 Å². The van der Waals surface area contributed by atoms with E-state index < -0.39 is 6.36 Å². The van der Waals surface area contributed by atoms with Gasteiger partial charge in [-0.25, -0.2) is 0 Å². The third-order valence-electron chi connectivity index (χ3n) is 2.68. The Hall–Kier alpha value is -2.68.